The molecule has 2 amide bonds. The fourth-order valence-corrected chi connectivity index (χ4v) is 6.02. The fourth-order valence-electron chi connectivity index (χ4n) is 4.90. The zero-order chi connectivity index (χ0) is 22.6. The maximum Gasteiger partial charge on any atom is 0.246 e. The summed E-state index contributed by atoms with van der Waals surface area (Å²) in [7, 11) is 0. The molecule has 5 nitrogen and oxygen atoms in total. The van der Waals surface area contributed by atoms with Gasteiger partial charge in [-0.05, 0) is 55.9 Å². The normalized spacial score (nSPS) is 19.9. The summed E-state index contributed by atoms with van der Waals surface area (Å²) in [4.78, 5) is 34.9. The predicted molar refractivity (Wildman–Crippen MR) is 133 cm³/mol. The molecule has 2 aromatic carbocycles. The molecule has 0 N–H and O–H groups in total. The number of aromatic nitrogens is 1. The van der Waals surface area contributed by atoms with E-state index in [9.17, 15) is 9.59 Å². The number of hydrogen-bond donors (Lipinski definition) is 0. The van der Waals surface area contributed by atoms with Crippen LogP contribution in [0.15, 0.2) is 60.7 Å². The second kappa shape index (κ2) is 9.87. The van der Waals surface area contributed by atoms with Crippen LogP contribution in [0.4, 0.5) is 0 Å². The monoisotopic (exact) mass is 459 g/mol. The number of nitrogens with zero attached hydrogens (tertiary/aromatic N) is 3. The lowest BCUT2D eigenvalue weighted by molar-refractivity contribution is -0.142. The molecule has 0 radical (unpaired) electrons. The van der Waals surface area contributed by atoms with Crippen molar-refractivity contribution in [2.75, 3.05) is 19.6 Å². The molecular weight excluding hydrogens is 430 g/mol. The molecule has 1 aromatic heterocycles. The van der Waals surface area contributed by atoms with Crippen LogP contribution in [0, 0.1) is 5.92 Å². The molecule has 0 aliphatic carbocycles. The van der Waals surface area contributed by atoms with E-state index in [1.165, 1.54) is 4.70 Å². The van der Waals surface area contributed by atoms with Gasteiger partial charge in [-0.3, -0.25) is 9.59 Å². The minimum atomic E-state index is -0.0119. The molecule has 2 fully saturated rings. The van der Waals surface area contributed by atoms with Crippen LogP contribution in [0.2, 0.25) is 0 Å². The molecule has 0 bridgehead atoms. The number of piperidine rings is 2. The average molecular weight is 460 g/mol. The highest BCUT2D eigenvalue weighted by atomic mass is 32.1. The van der Waals surface area contributed by atoms with Crippen molar-refractivity contribution < 1.29 is 9.59 Å². The van der Waals surface area contributed by atoms with E-state index in [0.29, 0.717) is 13.1 Å². The Morgan fingerprint density at radius 2 is 1.67 bits per heavy atom. The van der Waals surface area contributed by atoms with Gasteiger partial charge >= 0.3 is 0 Å². The molecule has 2 saturated heterocycles. The molecule has 170 valence electrons. The van der Waals surface area contributed by atoms with Crippen LogP contribution in [0.5, 0.6) is 0 Å². The second-order valence-corrected chi connectivity index (χ2v) is 9.97. The molecule has 1 atom stereocenters. The van der Waals surface area contributed by atoms with Crippen LogP contribution in [-0.2, 0) is 9.59 Å². The lowest BCUT2D eigenvalue weighted by Gasteiger charge is -2.39. The van der Waals surface area contributed by atoms with E-state index in [1.807, 2.05) is 59.5 Å². The van der Waals surface area contributed by atoms with E-state index in [4.69, 9.17) is 4.98 Å². The van der Waals surface area contributed by atoms with Crippen LogP contribution in [0.1, 0.15) is 48.7 Å². The molecular formula is C27H29N3O2S. The van der Waals surface area contributed by atoms with Crippen LogP contribution in [-0.4, -0.2) is 46.2 Å². The number of benzene rings is 2. The van der Waals surface area contributed by atoms with Gasteiger partial charge in [0.1, 0.15) is 5.01 Å². The van der Waals surface area contributed by atoms with Gasteiger partial charge in [-0.1, -0.05) is 42.5 Å². The highest BCUT2D eigenvalue weighted by molar-refractivity contribution is 7.18. The first-order valence-electron chi connectivity index (χ1n) is 11.9. The van der Waals surface area contributed by atoms with E-state index >= 15 is 0 Å². The Labute approximate surface area is 198 Å². The highest BCUT2D eigenvalue weighted by Crippen LogP contribution is 2.37. The Balaban J connectivity index is 1.22. The number of carbonyl (C=O) groups excluding carboxylic acids is 2. The smallest absolute Gasteiger partial charge is 0.246 e. The minimum Gasteiger partial charge on any atom is -0.339 e. The van der Waals surface area contributed by atoms with Crippen molar-refractivity contribution in [3.63, 3.8) is 0 Å². The molecule has 2 aliphatic heterocycles. The van der Waals surface area contributed by atoms with Gasteiger partial charge in [-0.2, -0.15) is 0 Å². The van der Waals surface area contributed by atoms with E-state index in [-0.39, 0.29) is 23.8 Å². The average Bonchev–Trinajstić information content (AvgIpc) is 3.32. The Morgan fingerprint density at radius 1 is 0.909 bits per heavy atom. The van der Waals surface area contributed by atoms with Crippen molar-refractivity contribution in [1.29, 1.82) is 0 Å². The number of amides is 2. The van der Waals surface area contributed by atoms with Crippen molar-refractivity contribution in [2.24, 2.45) is 5.92 Å². The van der Waals surface area contributed by atoms with Gasteiger partial charge < -0.3 is 9.80 Å². The van der Waals surface area contributed by atoms with Crippen molar-refractivity contribution in [3.05, 3.63) is 71.2 Å². The summed E-state index contributed by atoms with van der Waals surface area (Å²) in [6.45, 7) is 2.07. The van der Waals surface area contributed by atoms with Crippen molar-refractivity contribution in [2.45, 2.75) is 38.1 Å². The Morgan fingerprint density at radius 3 is 2.45 bits per heavy atom. The van der Waals surface area contributed by atoms with Crippen LogP contribution in [0.3, 0.4) is 0 Å². The van der Waals surface area contributed by atoms with Gasteiger partial charge in [0.25, 0.3) is 0 Å². The molecule has 3 heterocycles. The van der Waals surface area contributed by atoms with E-state index in [1.54, 1.807) is 17.4 Å². The Hall–Kier alpha value is -2.99. The van der Waals surface area contributed by atoms with E-state index < -0.39 is 0 Å². The third kappa shape index (κ3) is 4.86. The molecule has 6 heteroatoms. The molecule has 3 aromatic rings. The number of hydrogen-bond acceptors (Lipinski definition) is 4. The van der Waals surface area contributed by atoms with Crippen LogP contribution >= 0.6 is 11.3 Å². The minimum absolute atomic E-state index is 0.0119. The summed E-state index contributed by atoms with van der Waals surface area (Å²) >= 11 is 1.71. The lowest BCUT2D eigenvalue weighted by atomic mass is 9.92. The molecule has 33 heavy (non-hydrogen) atoms. The van der Waals surface area contributed by atoms with Gasteiger partial charge in [-0.25, -0.2) is 4.98 Å². The number of para-hydroxylation sites is 1. The third-order valence-electron chi connectivity index (χ3n) is 6.76. The summed E-state index contributed by atoms with van der Waals surface area (Å²) in [5.74, 6) is 0.253. The summed E-state index contributed by atoms with van der Waals surface area (Å²) in [6.07, 6.45) is 8.12. The Kier molecular flexibility index (Phi) is 6.53. The first kappa shape index (κ1) is 21.8. The van der Waals surface area contributed by atoms with E-state index in [0.717, 1.165) is 54.7 Å². The first-order valence-corrected chi connectivity index (χ1v) is 12.7. The number of fused-ring (bicyclic) bond motifs is 1. The molecule has 1 unspecified atom stereocenters. The molecule has 0 saturated carbocycles. The maximum atomic E-state index is 13.5. The van der Waals surface area contributed by atoms with Crippen molar-refractivity contribution in [1.82, 2.24) is 14.8 Å². The summed E-state index contributed by atoms with van der Waals surface area (Å²) in [6, 6.07) is 18.1. The SMILES string of the molecule is O=C(C=Cc1ccccc1)N1CCC(C(=O)N2CCCCC2c2nc3ccccc3s2)CC1. The first-order chi connectivity index (χ1) is 16.2. The van der Waals surface area contributed by atoms with Gasteiger partial charge in [0.05, 0.1) is 16.3 Å². The molecule has 5 rings (SSSR count). The van der Waals surface area contributed by atoms with Gasteiger partial charge in [0.2, 0.25) is 11.8 Å². The number of likely N-dealkylation sites (tertiary alicyclic amines) is 2. The van der Waals surface area contributed by atoms with Gasteiger partial charge in [0.15, 0.2) is 0 Å². The zero-order valence-corrected chi connectivity index (χ0v) is 19.5. The highest BCUT2D eigenvalue weighted by Gasteiger charge is 2.35. The largest absolute Gasteiger partial charge is 0.339 e. The fraction of sp³-hybridized carbons (Fsp3) is 0.370. The van der Waals surface area contributed by atoms with Crippen LogP contribution in [0.25, 0.3) is 16.3 Å². The third-order valence-corrected chi connectivity index (χ3v) is 7.89. The number of thiazole rings is 1. The Bertz CT molecular complexity index is 1120. The maximum absolute atomic E-state index is 13.5. The number of carbonyl (C=O) groups is 2. The van der Waals surface area contributed by atoms with Gasteiger partial charge in [0, 0.05) is 31.6 Å². The lowest BCUT2D eigenvalue weighted by Crippen LogP contribution is -2.46. The second-order valence-electron chi connectivity index (χ2n) is 8.91. The van der Waals surface area contributed by atoms with Crippen LogP contribution < -0.4 is 0 Å². The molecule has 2 aliphatic rings. The topological polar surface area (TPSA) is 53.5 Å². The predicted octanol–water partition coefficient (Wildman–Crippen LogP) is 5.30. The van der Waals surface area contributed by atoms with Crippen molar-refractivity contribution in [3.8, 4) is 0 Å². The van der Waals surface area contributed by atoms with E-state index in [2.05, 4.69) is 11.0 Å². The van der Waals surface area contributed by atoms with Crippen molar-refractivity contribution >= 4 is 39.4 Å². The van der Waals surface area contributed by atoms with Gasteiger partial charge in [-0.15, -0.1) is 11.3 Å². The zero-order valence-electron chi connectivity index (χ0n) is 18.7. The summed E-state index contributed by atoms with van der Waals surface area (Å²) in [5, 5.41) is 1.06. The summed E-state index contributed by atoms with van der Waals surface area (Å²) < 4.78 is 1.18. The molecule has 0 spiro atoms. The quantitative estimate of drug-likeness (QED) is 0.498. The number of rotatable bonds is 4. The standard InChI is InChI=1S/C27H29N3O2S/c31-25(14-13-20-8-2-1-3-9-20)29-18-15-21(16-19-29)27(32)30-17-7-6-11-23(30)26-28-22-10-4-5-12-24(22)33-26/h1-5,8-10,12-14,21,23H,6-7,11,15-19H2. The summed E-state index contributed by atoms with van der Waals surface area (Å²) in [5.41, 5.74) is 2.03.